The number of aryl methyl sites for hydroxylation is 1. The van der Waals surface area contributed by atoms with Gasteiger partial charge in [-0.05, 0) is 51.5 Å². The van der Waals surface area contributed by atoms with Gasteiger partial charge in [0.15, 0.2) is 0 Å². The van der Waals surface area contributed by atoms with Crippen molar-refractivity contribution in [3.8, 4) is 6.07 Å². The summed E-state index contributed by atoms with van der Waals surface area (Å²) in [5.41, 5.74) is 2.91. The molecule has 0 unspecified atom stereocenters. The summed E-state index contributed by atoms with van der Waals surface area (Å²) < 4.78 is 0.830. The highest BCUT2D eigenvalue weighted by Gasteiger charge is 2.07. The third-order valence-corrected chi connectivity index (χ3v) is 4.41. The molecule has 0 aliphatic heterocycles. The van der Waals surface area contributed by atoms with Gasteiger partial charge in [0, 0.05) is 15.9 Å². The monoisotopic (exact) mass is 320 g/mol. The van der Waals surface area contributed by atoms with Crippen molar-refractivity contribution in [3.63, 3.8) is 0 Å². The highest BCUT2D eigenvalue weighted by Crippen LogP contribution is 2.25. The Morgan fingerprint density at radius 1 is 1.39 bits per heavy atom. The van der Waals surface area contributed by atoms with Gasteiger partial charge in [0.25, 0.3) is 0 Å². The van der Waals surface area contributed by atoms with Gasteiger partial charge in [0.1, 0.15) is 6.07 Å². The van der Waals surface area contributed by atoms with Gasteiger partial charge in [-0.1, -0.05) is 13.0 Å². The second kappa shape index (κ2) is 6.03. The first-order chi connectivity index (χ1) is 8.76. The van der Waals surface area contributed by atoms with Crippen molar-refractivity contribution in [2.75, 3.05) is 5.32 Å². The molecule has 1 N–H and O–H groups in total. The predicted molar refractivity (Wildman–Crippen MR) is 79.9 cm³/mol. The zero-order valence-electron chi connectivity index (χ0n) is 10.0. The van der Waals surface area contributed by atoms with E-state index in [4.69, 9.17) is 5.26 Å². The van der Waals surface area contributed by atoms with Gasteiger partial charge in [0.2, 0.25) is 0 Å². The third kappa shape index (κ3) is 2.74. The van der Waals surface area contributed by atoms with Crippen molar-refractivity contribution in [1.82, 2.24) is 0 Å². The first kappa shape index (κ1) is 13.1. The van der Waals surface area contributed by atoms with Crippen molar-refractivity contribution in [2.45, 2.75) is 19.9 Å². The Morgan fingerprint density at radius 3 is 2.94 bits per heavy atom. The lowest BCUT2D eigenvalue weighted by molar-refractivity contribution is 1.08. The standard InChI is InChI=1S/C14H13BrN2S/c1-2-10-6-7-18-14(10)9-17-13-5-3-4-12(15)11(13)8-16/h3-7,17H,2,9H2,1H3. The van der Waals surface area contributed by atoms with Gasteiger partial charge in [-0.15, -0.1) is 11.3 Å². The summed E-state index contributed by atoms with van der Waals surface area (Å²) in [5.74, 6) is 0. The van der Waals surface area contributed by atoms with Crippen LogP contribution in [0.5, 0.6) is 0 Å². The van der Waals surface area contributed by atoms with Crippen LogP contribution in [0, 0.1) is 11.3 Å². The number of nitriles is 1. The Morgan fingerprint density at radius 2 is 2.22 bits per heavy atom. The zero-order chi connectivity index (χ0) is 13.0. The average molecular weight is 321 g/mol. The molecule has 0 fully saturated rings. The third-order valence-electron chi connectivity index (χ3n) is 2.78. The average Bonchev–Trinajstić information content (AvgIpc) is 2.83. The number of rotatable bonds is 4. The maximum atomic E-state index is 9.14. The smallest absolute Gasteiger partial charge is 0.103 e. The number of hydrogen-bond acceptors (Lipinski definition) is 3. The van der Waals surface area contributed by atoms with Crippen molar-refractivity contribution in [2.24, 2.45) is 0 Å². The molecule has 0 saturated carbocycles. The molecule has 1 aromatic carbocycles. The van der Waals surface area contributed by atoms with Gasteiger partial charge in [-0.25, -0.2) is 0 Å². The summed E-state index contributed by atoms with van der Waals surface area (Å²) in [7, 11) is 0. The van der Waals surface area contributed by atoms with E-state index < -0.39 is 0 Å². The quantitative estimate of drug-likeness (QED) is 0.896. The van der Waals surface area contributed by atoms with Crippen LogP contribution in [0.2, 0.25) is 0 Å². The van der Waals surface area contributed by atoms with Gasteiger partial charge in [-0.2, -0.15) is 5.26 Å². The Labute approximate surface area is 119 Å². The largest absolute Gasteiger partial charge is 0.379 e. The normalized spacial score (nSPS) is 10.1. The van der Waals surface area contributed by atoms with Gasteiger partial charge < -0.3 is 5.32 Å². The first-order valence-corrected chi connectivity index (χ1v) is 7.41. The molecular formula is C14H13BrN2S. The molecule has 0 bridgehead atoms. The molecule has 0 amide bonds. The second-order valence-corrected chi connectivity index (χ2v) is 5.71. The van der Waals surface area contributed by atoms with Crippen LogP contribution in [0.25, 0.3) is 0 Å². The van der Waals surface area contributed by atoms with E-state index in [1.807, 2.05) is 18.2 Å². The lowest BCUT2D eigenvalue weighted by Gasteiger charge is -2.09. The summed E-state index contributed by atoms with van der Waals surface area (Å²) in [6.07, 6.45) is 1.05. The number of thiophene rings is 1. The number of anilines is 1. The summed E-state index contributed by atoms with van der Waals surface area (Å²) in [6.45, 7) is 2.93. The number of benzene rings is 1. The lowest BCUT2D eigenvalue weighted by atomic mass is 10.2. The molecule has 0 radical (unpaired) electrons. The molecule has 2 rings (SSSR count). The summed E-state index contributed by atoms with van der Waals surface area (Å²) >= 11 is 5.15. The molecule has 2 nitrogen and oxygen atoms in total. The molecule has 2 aromatic rings. The maximum absolute atomic E-state index is 9.14. The van der Waals surface area contributed by atoms with Crippen molar-refractivity contribution in [1.29, 1.82) is 5.26 Å². The van der Waals surface area contributed by atoms with Gasteiger partial charge >= 0.3 is 0 Å². The van der Waals surface area contributed by atoms with Crippen LogP contribution in [0.3, 0.4) is 0 Å². The second-order valence-electron chi connectivity index (χ2n) is 3.85. The highest BCUT2D eigenvalue weighted by molar-refractivity contribution is 9.10. The summed E-state index contributed by atoms with van der Waals surface area (Å²) in [5, 5.41) is 14.6. The van der Waals surface area contributed by atoms with Crippen molar-refractivity contribution in [3.05, 3.63) is 50.1 Å². The maximum Gasteiger partial charge on any atom is 0.103 e. The number of nitrogens with one attached hydrogen (secondary N) is 1. The molecule has 1 aromatic heterocycles. The minimum Gasteiger partial charge on any atom is -0.379 e. The van der Waals surface area contributed by atoms with Crippen LogP contribution in [0.1, 0.15) is 22.9 Å². The van der Waals surface area contributed by atoms with Crippen LogP contribution in [-0.4, -0.2) is 0 Å². The molecule has 0 spiro atoms. The van der Waals surface area contributed by atoms with E-state index in [0.29, 0.717) is 5.56 Å². The minimum atomic E-state index is 0.659. The van der Waals surface area contributed by atoms with Crippen LogP contribution in [-0.2, 0) is 13.0 Å². The molecule has 18 heavy (non-hydrogen) atoms. The molecule has 1 heterocycles. The van der Waals surface area contributed by atoms with E-state index in [1.165, 1.54) is 10.4 Å². The minimum absolute atomic E-state index is 0.659. The lowest BCUT2D eigenvalue weighted by Crippen LogP contribution is -2.01. The van der Waals surface area contributed by atoms with Gasteiger partial charge in [-0.3, -0.25) is 0 Å². The Hall–Kier alpha value is -1.31. The Kier molecular flexibility index (Phi) is 4.40. The van der Waals surface area contributed by atoms with E-state index in [-0.39, 0.29) is 0 Å². The fraction of sp³-hybridized carbons (Fsp3) is 0.214. The number of halogens is 1. The van der Waals surface area contributed by atoms with E-state index in [2.05, 4.69) is 45.7 Å². The van der Waals surface area contributed by atoms with E-state index in [9.17, 15) is 0 Å². The summed E-state index contributed by atoms with van der Waals surface area (Å²) in [6, 6.07) is 10.1. The summed E-state index contributed by atoms with van der Waals surface area (Å²) in [4.78, 5) is 1.33. The predicted octanol–water partition coefficient (Wildman–Crippen LogP) is 4.56. The van der Waals surface area contributed by atoms with Crippen LogP contribution < -0.4 is 5.32 Å². The zero-order valence-corrected chi connectivity index (χ0v) is 12.4. The molecule has 0 aliphatic rings. The molecule has 0 atom stereocenters. The molecule has 4 heteroatoms. The van der Waals surface area contributed by atoms with E-state index in [1.54, 1.807) is 11.3 Å². The number of hydrogen-bond donors (Lipinski definition) is 1. The van der Waals surface area contributed by atoms with Crippen LogP contribution >= 0.6 is 27.3 Å². The van der Waals surface area contributed by atoms with Gasteiger partial charge in [0.05, 0.1) is 11.3 Å². The van der Waals surface area contributed by atoms with Crippen LogP contribution in [0.4, 0.5) is 5.69 Å². The fourth-order valence-electron chi connectivity index (χ4n) is 1.80. The molecule has 0 saturated heterocycles. The van der Waals surface area contributed by atoms with E-state index >= 15 is 0 Å². The van der Waals surface area contributed by atoms with Crippen LogP contribution in [0.15, 0.2) is 34.1 Å². The van der Waals surface area contributed by atoms with E-state index in [0.717, 1.165) is 23.1 Å². The SMILES string of the molecule is CCc1ccsc1CNc1cccc(Br)c1C#N. The van der Waals surface area contributed by atoms with Crippen molar-refractivity contribution >= 4 is 33.0 Å². The Bertz CT molecular complexity index is 584. The highest BCUT2D eigenvalue weighted by atomic mass is 79.9. The molecule has 92 valence electrons. The van der Waals surface area contributed by atoms with Crippen molar-refractivity contribution < 1.29 is 0 Å². The fourth-order valence-corrected chi connectivity index (χ4v) is 3.17. The first-order valence-electron chi connectivity index (χ1n) is 5.74. The number of nitrogens with zero attached hydrogens (tertiary/aromatic N) is 1. The molecule has 0 aliphatic carbocycles. The molecular weight excluding hydrogens is 308 g/mol. The Balaban J connectivity index is 2.16. The topological polar surface area (TPSA) is 35.8 Å².